The maximum Gasteiger partial charge on any atom is 0.266 e. The summed E-state index contributed by atoms with van der Waals surface area (Å²) in [4.78, 5) is 34.8. The molecule has 31 heavy (non-hydrogen) atoms. The Hall–Kier alpha value is -3.44. The molecule has 2 aliphatic heterocycles. The average Bonchev–Trinajstić information content (AvgIpc) is 3.26. The summed E-state index contributed by atoms with van der Waals surface area (Å²) in [6.45, 7) is 5.89. The molecule has 0 aromatic heterocycles. The average molecular weight is 412 g/mol. The molecule has 0 saturated carbocycles. The van der Waals surface area contributed by atoms with Crippen LogP contribution in [0.25, 0.3) is 0 Å². The molecule has 156 valence electrons. The van der Waals surface area contributed by atoms with Crippen molar-refractivity contribution in [3.63, 3.8) is 0 Å². The molecule has 5 rings (SSSR count). The summed E-state index contributed by atoms with van der Waals surface area (Å²) in [6.07, 6.45) is -0.849. The molecule has 0 N–H and O–H groups in total. The van der Waals surface area contributed by atoms with Crippen molar-refractivity contribution in [3.8, 4) is 0 Å². The van der Waals surface area contributed by atoms with Crippen LogP contribution in [-0.4, -0.2) is 17.9 Å². The molecule has 2 fully saturated rings. The number of imide groups is 1. The first kappa shape index (κ1) is 19.5. The molecule has 5 nitrogen and oxygen atoms in total. The summed E-state index contributed by atoms with van der Waals surface area (Å²) >= 11 is 0. The highest BCUT2D eigenvalue weighted by atomic mass is 16.7. The van der Waals surface area contributed by atoms with Gasteiger partial charge < -0.3 is 0 Å². The lowest BCUT2D eigenvalue weighted by molar-refractivity contribution is -0.126. The Kier molecular flexibility index (Phi) is 4.63. The second kappa shape index (κ2) is 7.36. The van der Waals surface area contributed by atoms with Crippen LogP contribution in [0.5, 0.6) is 0 Å². The Morgan fingerprint density at radius 3 is 1.97 bits per heavy atom. The van der Waals surface area contributed by atoms with E-state index in [0.29, 0.717) is 5.69 Å². The van der Waals surface area contributed by atoms with Gasteiger partial charge in [-0.25, -0.2) is 9.96 Å². The normalized spacial score (nSPS) is 22.9. The van der Waals surface area contributed by atoms with Crippen molar-refractivity contribution in [1.82, 2.24) is 0 Å². The molecule has 2 heterocycles. The number of hydrogen-bond donors (Lipinski definition) is 0. The number of rotatable bonds is 3. The lowest BCUT2D eigenvalue weighted by atomic mass is 9.90. The van der Waals surface area contributed by atoms with E-state index >= 15 is 0 Å². The van der Waals surface area contributed by atoms with Crippen molar-refractivity contribution >= 4 is 23.2 Å². The lowest BCUT2D eigenvalue weighted by Crippen LogP contribution is -2.38. The first-order valence-electron chi connectivity index (χ1n) is 10.5. The second-order valence-corrected chi connectivity index (χ2v) is 8.33. The molecule has 5 heteroatoms. The van der Waals surface area contributed by atoms with E-state index in [0.717, 1.165) is 27.9 Å². The van der Waals surface area contributed by atoms with Crippen molar-refractivity contribution < 1.29 is 14.4 Å². The van der Waals surface area contributed by atoms with E-state index < -0.39 is 12.0 Å². The summed E-state index contributed by atoms with van der Waals surface area (Å²) in [5.41, 5.74) is 5.37. The van der Waals surface area contributed by atoms with E-state index in [1.165, 1.54) is 4.90 Å². The van der Waals surface area contributed by atoms with Crippen LogP contribution in [0.4, 0.5) is 11.4 Å². The van der Waals surface area contributed by atoms with E-state index in [2.05, 4.69) is 0 Å². The summed E-state index contributed by atoms with van der Waals surface area (Å²) < 4.78 is 0. The Morgan fingerprint density at radius 2 is 1.35 bits per heavy atom. The lowest BCUT2D eigenvalue weighted by Gasteiger charge is -2.29. The van der Waals surface area contributed by atoms with Crippen molar-refractivity contribution in [1.29, 1.82) is 0 Å². The largest absolute Gasteiger partial charge is 0.273 e. The maximum absolute atomic E-state index is 13.7. The van der Waals surface area contributed by atoms with Gasteiger partial charge in [-0.1, -0.05) is 66.2 Å². The van der Waals surface area contributed by atoms with Gasteiger partial charge in [0.2, 0.25) is 5.91 Å². The zero-order valence-corrected chi connectivity index (χ0v) is 17.8. The minimum absolute atomic E-state index is 0.211. The van der Waals surface area contributed by atoms with Crippen LogP contribution in [0.1, 0.15) is 28.3 Å². The summed E-state index contributed by atoms with van der Waals surface area (Å²) in [7, 11) is 0. The van der Waals surface area contributed by atoms with Gasteiger partial charge in [-0.15, -0.1) is 0 Å². The van der Waals surface area contributed by atoms with Gasteiger partial charge in [-0.2, -0.15) is 0 Å². The van der Waals surface area contributed by atoms with Crippen LogP contribution in [0.15, 0.2) is 72.8 Å². The molecule has 2 aliphatic rings. The summed E-state index contributed by atoms with van der Waals surface area (Å²) in [6, 6.07) is 23.0. The highest BCUT2D eigenvalue weighted by Gasteiger charge is 2.60. The highest BCUT2D eigenvalue weighted by molar-refractivity contribution is 6.24. The number of para-hydroxylation sites is 1. The number of hydroxylamine groups is 1. The fraction of sp³-hybridized carbons (Fsp3) is 0.231. The van der Waals surface area contributed by atoms with Gasteiger partial charge in [-0.05, 0) is 49.6 Å². The van der Waals surface area contributed by atoms with Crippen molar-refractivity contribution in [3.05, 3.63) is 95.1 Å². The van der Waals surface area contributed by atoms with Gasteiger partial charge in [0.25, 0.3) is 5.91 Å². The fourth-order valence-electron chi connectivity index (χ4n) is 4.95. The zero-order chi connectivity index (χ0) is 21.7. The smallest absolute Gasteiger partial charge is 0.266 e. The fourth-order valence-corrected chi connectivity index (χ4v) is 4.95. The van der Waals surface area contributed by atoms with Crippen molar-refractivity contribution in [2.45, 2.75) is 32.9 Å². The number of carbonyl (C=O) groups is 2. The third-order valence-corrected chi connectivity index (χ3v) is 6.13. The zero-order valence-electron chi connectivity index (χ0n) is 17.8. The van der Waals surface area contributed by atoms with Crippen LogP contribution >= 0.6 is 0 Å². The Bertz CT molecular complexity index is 1140. The number of amides is 2. The van der Waals surface area contributed by atoms with E-state index in [1.807, 2.05) is 93.6 Å². The van der Waals surface area contributed by atoms with Gasteiger partial charge in [0.15, 0.2) is 6.10 Å². The second-order valence-electron chi connectivity index (χ2n) is 8.33. The number of nitrogens with zero attached hydrogens (tertiary/aromatic N) is 2. The topological polar surface area (TPSA) is 49.9 Å². The molecular formula is C26H24N2O3. The predicted molar refractivity (Wildman–Crippen MR) is 120 cm³/mol. The predicted octanol–water partition coefficient (Wildman–Crippen LogP) is 4.66. The van der Waals surface area contributed by atoms with Crippen LogP contribution in [0.3, 0.4) is 0 Å². The molecule has 2 saturated heterocycles. The molecule has 3 aromatic rings. The number of hydrogen-bond acceptors (Lipinski definition) is 4. The summed E-state index contributed by atoms with van der Waals surface area (Å²) in [5.74, 6) is -1.13. The minimum Gasteiger partial charge on any atom is -0.273 e. The molecule has 2 amide bonds. The van der Waals surface area contributed by atoms with E-state index in [1.54, 1.807) is 5.06 Å². The van der Waals surface area contributed by atoms with Crippen LogP contribution in [0, 0.1) is 26.7 Å². The van der Waals surface area contributed by atoms with Gasteiger partial charge in [0.1, 0.15) is 5.92 Å². The number of aryl methyl sites for hydroxylation is 3. The van der Waals surface area contributed by atoms with Gasteiger partial charge >= 0.3 is 0 Å². The van der Waals surface area contributed by atoms with Crippen molar-refractivity contribution in [2.24, 2.45) is 5.92 Å². The summed E-state index contributed by atoms with van der Waals surface area (Å²) in [5, 5.41) is 1.73. The maximum atomic E-state index is 13.7. The molecule has 0 spiro atoms. The minimum atomic E-state index is -0.849. The standard InChI is InChI=1S/C26H24N2O3/c1-16-14-17(2)22(18(3)15-16)27-25(29)21-23(19-10-6-4-7-11-19)28(31-24(21)26(27)30)20-12-8-5-9-13-20/h4-15,21,23-24H,1-3H3. The van der Waals surface area contributed by atoms with E-state index in [9.17, 15) is 9.59 Å². The monoisotopic (exact) mass is 412 g/mol. The van der Waals surface area contributed by atoms with E-state index in [-0.39, 0.29) is 17.9 Å². The highest BCUT2D eigenvalue weighted by Crippen LogP contribution is 2.48. The Balaban J connectivity index is 1.61. The quantitative estimate of drug-likeness (QED) is 0.587. The first-order valence-corrected chi connectivity index (χ1v) is 10.5. The van der Waals surface area contributed by atoms with Gasteiger partial charge in [-0.3, -0.25) is 14.4 Å². The molecule has 3 atom stereocenters. The third-order valence-electron chi connectivity index (χ3n) is 6.13. The van der Waals surface area contributed by atoms with Gasteiger partial charge in [0.05, 0.1) is 17.4 Å². The molecule has 0 radical (unpaired) electrons. The molecule has 0 bridgehead atoms. The van der Waals surface area contributed by atoms with Crippen LogP contribution < -0.4 is 9.96 Å². The number of benzene rings is 3. The number of anilines is 2. The van der Waals surface area contributed by atoms with Gasteiger partial charge in [0, 0.05) is 0 Å². The molecule has 3 unspecified atom stereocenters. The first-order chi connectivity index (χ1) is 15.0. The van der Waals surface area contributed by atoms with E-state index in [4.69, 9.17) is 4.84 Å². The molecule has 3 aromatic carbocycles. The van der Waals surface area contributed by atoms with Crippen molar-refractivity contribution in [2.75, 3.05) is 9.96 Å². The van der Waals surface area contributed by atoms with Crippen LogP contribution in [0.2, 0.25) is 0 Å². The SMILES string of the molecule is Cc1cc(C)c(N2C(=O)C3ON(c4ccccc4)C(c4ccccc4)C3C2=O)c(C)c1. The number of fused-ring (bicyclic) bond motifs is 1. The Labute approximate surface area is 181 Å². The molecular weight excluding hydrogens is 388 g/mol. The van der Waals surface area contributed by atoms with Crippen LogP contribution in [-0.2, 0) is 14.4 Å². The molecule has 0 aliphatic carbocycles. The third kappa shape index (κ3) is 3.04. The Morgan fingerprint density at radius 1 is 0.774 bits per heavy atom. The number of carbonyl (C=O) groups excluding carboxylic acids is 2.